The Bertz CT molecular complexity index is 902. The average molecular weight is 453 g/mol. The highest BCUT2D eigenvalue weighted by Crippen LogP contribution is 2.73. The van der Waals surface area contributed by atoms with E-state index < -0.39 is 0 Å². The zero-order chi connectivity index (χ0) is 24.6. The van der Waals surface area contributed by atoms with E-state index in [1.54, 1.807) is 5.57 Å². The number of ketones is 1. The Balaban J connectivity index is 1.69. The van der Waals surface area contributed by atoms with Crippen molar-refractivity contribution in [1.82, 2.24) is 0 Å². The molecule has 4 rings (SSSR count). The van der Waals surface area contributed by atoms with Crippen LogP contribution in [0.2, 0.25) is 0 Å². The van der Waals surface area contributed by atoms with Crippen LogP contribution in [-0.4, -0.2) is 17.0 Å². The Kier molecular flexibility index (Phi) is 6.00. The molecule has 33 heavy (non-hydrogen) atoms. The van der Waals surface area contributed by atoms with E-state index in [0.717, 1.165) is 18.4 Å². The van der Waals surface area contributed by atoms with Gasteiger partial charge in [0.05, 0.1) is 6.10 Å². The fraction of sp³-hybridized carbons (Fsp3) is 0.774. The van der Waals surface area contributed by atoms with Gasteiger partial charge in [-0.25, -0.2) is 0 Å². The molecule has 0 aromatic heterocycles. The van der Waals surface area contributed by atoms with Gasteiger partial charge in [0, 0.05) is 6.42 Å². The highest BCUT2D eigenvalue weighted by Gasteiger charge is 2.65. The normalized spacial score (nSPS) is 44.8. The fourth-order valence-corrected chi connectivity index (χ4v) is 9.64. The summed E-state index contributed by atoms with van der Waals surface area (Å²) in [6.07, 6.45) is 11.6. The zero-order valence-electron chi connectivity index (χ0n) is 22.6. The SMILES string of the molecule is C=C1C=C2[C@H](CC[C@@]3(C)[C@H]([C@@H](C)CC(=O)C=C(C)C)CC[C@]23C)[C@@]2(C)CC[C@H](O)C(C)(C)[C@H]12. The van der Waals surface area contributed by atoms with Crippen molar-refractivity contribution < 1.29 is 9.90 Å². The number of hydrogen-bond acceptors (Lipinski definition) is 2. The van der Waals surface area contributed by atoms with Gasteiger partial charge in [-0.15, -0.1) is 0 Å². The number of carbonyl (C=O) groups is 1. The standard InChI is InChI=1S/C31H48O2/c1-19(2)16-22(32)17-20(3)23-10-14-31(9)25-18-21(4)27-28(5,6)26(33)12-13-29(27,7)24(25)11-15-30(23,31)8/h16,18,20,23-24,26-27,33H,4,10-15,17H2,1-3,5-9H3/t20-,23-,24-,26-,27-,29+,30-,31+/m0/s1. The largest absolute Gasteiger partial charge is 0.393 e. The van der Waals surface area contributed by atoms with Gasteiger partial charge in [0.2, 0.25) is 0 Å². The maximum atomic E-state index is 12.6. The van der Waals surface area contributed by atoms with E-state index in [4.69, 9.17) is 0 Å². The van der Waals surface area contributed by atoms with Gasteiger partial charge in [0.25, 0.3) is 0 Å². The fourth-order valence-electron chi connectivity index (χ4n) is 9.64. The van der Waals surface area contributed by atoms with Crippen molar-refractivity contribution in [2.75, 3.05) is 0 Å². The highest BCUT2D eigenvalue weighted by atomic mass is 16.3. The summed E-state index contributed by atoms with van der Waals surface area (Å²) < 4.78 is 0. The number of carbonyl (C=O) groups excluding carboxylic acids is 1. The summed E-state index contributed by atoms with van der Waals surface area (Å²) in [5, 5.41) is 10.9. The lowest BCUT2D eigenvalue weighted by molar-refractivity contribution is -0.119. The summed E-state index contributed by atoms with van der Waals surface area (Å²) in [4.78, 5) is 12.6. The van der Waals surface area contributed by atoms with Crippen LogP contribution in [-0.2, 0) is 4.79 Å². The van der Waals surface area contributed by atoms with Crippen molar-refractivity contribution in [2.24, 2.45) is 45.3 Å². The van der Waals surface area contributed by atoms with Crippen LogP contribution in [0.4, 0.5) is 0 Å². The molecule has 0 aromatic carbocycles. The minimum atomic E-state index is -0.248. The van der Waals surface area contributed by atoms with Gasteiger partial charge in [0.1, 0.15) is 0 Å². The predicted molar refractivity (Wildman–Crippen MR) is 138 cm³/mol. The molecular weight excluding hydrogens is 404 g/mol. The maximum Gasteiger partial charge on any atom is 0.155 e. The zero-order valence-corrected chi connectivity index (χ0v) is 22.6. The first kappa shape index (κ1) is 25.0. The second kappa shape index (κ2) is 7.94. The van der Waals surface area contributed by atoms with Crippen LogP contribution in [0.3, 0.4) is 0 Å². The monoisotopic (exact) mass is 452 g/mol. The van der Waals surface area contributed by atoms with Crippen molar-refractivity contribution in [3.63, 3.8) is 0 Å². The van der Waals surface area contributed by atoms with Crippen LogP contribution >= 0.6 is 0 Å². The minimum Gasteiger partial charge on any atom is -0.393 e. The summed E-state index contributed by atoms with van der Waals surface area (Å²) >= 11 is 0. The first-order valence-electron chi connectivity index (χ1n) is 13.4. The van der Waals surface area contributed by atoms with Crippen LogP contribution in [0.5, 0.6) is 0 Å². The number of aliphatic hydroxyl groups is 1. The van der Waals surface area contributed by atoms with Gasteiger partial charge in [-0.05, 0) is 104 Å². The number of allylic oxidation sites excluding steroid dienone is 5. The van der Waals surface area contributed by atoms with Crippen molar-refractivity contribution >= 4 is 5.78 Å². The third-order valence-electron chi connectivity index (χ3n) is 11.4. The molecule has 0 unspecified atom stereocenters. The predicted octanol–water partition coefficient (Wildman–Crippen LogP) is 7.68. The summed E-state index contributed by atoms with van der Waals surface area (Å²) in [6.45, 7) is 23.1. The van der Waals surface area contributed by atoms with E-state index in [0.29, 0.717) is 30.1 Å². The molecule has 4 aliphatic rings. The lowest BCUT2D eigenvalue weighted by Crippen LogP contribution is -2.58. The van der Waals surface area contributed by atoms with E-state index >= 15 is 0 Å². The van der Waals surface area contributed by atoms with Gasteiger partial charge in [0.15, 0.2) is 5.78 Å². The molecule has 1 N–H and O–H groups in total. The molecule has 0 radical (unpaired) electrons. The van der Waals surface area contributed by atoms with E-state index in [1.807, 2.05) is 19.9 Å². The maximum absolute atomic E-state index is 12.6. The molecule has 0 aliphatic heterocycles. The third kappa shape index (κ3) is 3.48. The summed E-state index contributed by atoms with van der Waals surface area (Å²) in [6, 6.07) is 0. The number of hydrogen-bond donors (Lipinski definition) is 1. The molecule has 0 bridgehead atoms. The molecule has 3 fully saturated rings. The molecule has 2 nitrogen and oxygen atoms in total. The summed E-state index contributed by atoms with van der Waals surface area (Å²) in [5.41, 5.74) is 4.44. The van der Waals surface area contributed by atoms with Crippen LogP contribution < -0.4 is 0 Å². The van der Waals surface area contributed by atoms with Crippen LogP contribution in [0.1, 0.15) is 100 Å². The Hall–Kier alpha value is -1.15. The van der Waals surface area contributed by atoms with Crippen molar-refractivity contribution in [1.29, 1.82) is 0 Å². The second-order valence-corrected chi connectivity index (χ2v) is 13.8. The molecule has 8 atom stereocenters. The van der Waals surface area contributed by atoms with Gasteiger partial charge < -0.3 is 5.11 Å². The van der Waals surface area contributed by atoms with Crippen molar-refractivity contribution in [3.8, 4) is 0 Å². The number of rotatable bonds is 4. The highest BCUT2D eigenvalue weighted by molar-refractivity contribution is 5.90. The molecular formula is C31H48O2. The van der Waals surface area contributed by atoms with E-state index in [9.17, 15) is 9.90 Å². The topological polar surface area (TPSA) is 37.3 Å². The molecule has 0 heterocycles. The molecule has 0 saturated heterocycles. The van der Waals surface area contributed by atoms with Crippen LogP contribution in [0, 0.1) is 45.3 Å². The summed E-state index contributed by atoms with van der Waals surface area (Å²) in [5.74, 6) is 2.21. The van der Waals surface area contributed by atoms with Gasteiger partial charge in [-0.2, -0.15) is 0 Å². The Labute approximate surface area is 203 Å². The quantitative estimate of drug-likeness (QED) is 0.444. The number of aliphatic hydroxyl groups excluding tert-OH is 1. The lowest BCUT2D eigenvalue weighted by Gasteiger charge is -2.64. The molecule has 2 heteroatoms. The lowest BCUT2D eigenvalue weighted by atomic mass is 9.40. The van der Waals surface area contributed by atoms with Crippen molar-refractivity contribution in [3.05, 3.63) is 35.5 Å². The van der Waals surface area contributed by atoms with Gasteiger partial charge in [-0.1, -0.05) is 70.9 Å². The molecule has 0 amide bonds. The molecule has 0 spiro atoms. The second-order valence-electron chi connectivity index (χ2n) is 13.8. The van der Waals surface area contributed by atoms with Crippen LogP contribution in [0.25, 0.3) is 0 Å². The molecule has 4 aliphatic carbocycles. The van der Waals surface area contributed by atoms with E-state index in [-0.39, 0.29) is 33.5 Å². The van der Waals surface area contributed by atoms with Crippen molar-refractivity contribution in [2.45, 2.75) is 106 Å². The van der Waals surface area contributed by atoms with E-state index in [2.05, 4.69) is 54.2 Å². The van der Waals surface area contributed by atoms with E-state index in [1.165, 1.54) is 31.3 Å². The Morgan fingerprint density at radius 2 is 1.79 bits per heavy atom. The smallest absolute Gasteiger partial charge is 0.155 e. The minimum absolute atomic E-state index is 0.133. The Morgan fingerprint density at radius 3 is 2.42 bits per heavy atom. The first-order valence-corrected chi connectivity index (χ1v) is 13.4. The number of fused-ring (bicyclic) bond motifs is 5. The Morgan fingerprint density at radius 1 is 1.12 bits per heavy atom. The average Bonchev–Trinajstić information content (AvgIpc) is 2.96. The third-order valence-corrected chi connectivity index (χ3v) is 11.4. The molecule has 0 aromatic rings. The van der Waals surface area contributed by atoms with Gasteiger partial charge in [-0.3, -0.25) is 4.79 Å². The van der Waals surface area contributed by atoms with Gasteiger partial charge >= 0.3 is 0 Å². The molecule has 3 saturated carbocycles. The molecule has 184 valence electrons. The first-order chi connectivity index (χ1) is 15.2. The van der Waals surface area contributed by atoms with Crippen LogP contribution in [0.15, 0.2) is 35.5 Å². The summed E-state index contributed by atoms with van der Waals surface area (Å²) in [7, 11) is 0.